The molecule has 2 aromatic heterocycles. The lowest BCUT2D eigenvalue weighted by molar-refractivity contribution is -0.121. The van der Waals surface area contributed by atoms with E-state index in [2.05, 4.69) is 55.5 Å². The van der Waals surface area contributed by atoms with Crippen molar-refractivity contribution in [2.45, 2.75) is 59.8 Å². The summed E-state index contributed by atoms with van der Waals surface area (Å²) in [5.41, 5.74) is 5.63. The standard InChI is InChI=1S/C27H33N3OS/c1-18-7-12-23(29-26(31)19-8-10-22(11-9-19)27(2,3)4)14-21(18)15-25-30-24(17-32-25)20-6-5-13-28-16-20/h5-7,12-14,16-17,19,22H,8-11,15H2,1-4H3,(H,29,31). The van der Waals surface area contributed by atoms with E-state index in [9.17, 15) is 4.79 Å². The van der Waals surface area contributed by atoms with Gasteiger partial charge in [-0.1, -0.05) is 26.8 Å². The second kappa shape index (κ2) is 9.53. The molecule has 1 N–H and O–H groups in total. The van der Waals surface area contributed by atoms with Crippen molar-refractivity contribution in [1.82, 2.24) is 9.97 Å². The van der Waals surface area contributed by atoms with E-state index in [4.69, 9.17) is 4.98 Å². The van der Waals surface area contributed by atoms with Crippen LogP contribution in [0.25, 0.3) is 11.3 Å². The number of carbonyl (C=O) groups excluding carboxylic acids is 1. The van der Waals surface area contributed by atoms with E-state index in [0.29, 0.717) is 11.3 Å². The quantitative estimate of drug-likeness (QED) is 0.463. The molecule has 1 saturated carbocycles. The van der Waals surface area contributed by atoms with Crippen LogP contribution >= 0.6 is 11.3 Å². The number of nitrogens with zero attached hydrogens (tertiary/aromatic N) is 2. The smallest absolute Gasteiger partial charge is 0.227 e. The highest BCUT2D eigenvalue weighted by Gasteiger charge is 2.32. The number of pyridine rings is 1. The summed E-state index contributed by atoms with van der Waals surface area (Å²) >= 11 is 1.67. The molecule has 168 valence electrons. The maximum atomic E-state index is 12.9. The monoisotopic (exact) mass is 447 g/mol. The summed E-state index contributed by atoms with van der Waals surface area (Å²) in [5.74, 6) is 1.01. The van der Waals surface area contributed by atoms with E-state index in [0.717, 1.165) is 54.1 Å². The molecule has 1 aromatic carbocycles. The fraction of sp³-hybridized carbons (Fsp3) is 0.444. The molecular formula is C27H33N3OS. The van der Waals surface area contributed by atoms with Gasteiger partial charge in [-0.25, -0.2) is 4.98 Å². The topological polar surface area (TPSA) is 54.9 Å². The van der Waals surface area contributed by atoms with E-state index in [1.807, 2.05) is 24.4 Å². The second-order valence-electron chi connectivity index (χ2n) is 10.1. The van der Waals surface area contributed by atoms with Gasteiger partial charge in [0.05, 0.1) is 10.7 Å². The Morgan fingerprint density at radius 1 is 1.16 bits per heavy atom. The summed E-state index contributed by atoms with van der Waals surface area (Å²) in [5, 5.41) is 6.34. The Morgan fingerprint density at radius 2 is 1.94 bits per heavy atom. The summed E-state index contributed by atoms with van der Waals surface area (Å²) < 4.78 is 0. The second-order valence-corrected chi connectivity index (χ2v) is 11.0. The number of aryl methyl sites for hydroxylation is 1. The highest BCUT2D eigenvalue weighted by atomic mass is 32.1. The minimum Gasteiger partial charge on any atom is -0.326 e. The number of amides is 1. The minimum atomic E-state index is 0.124. The van der Waals surface area contributed by atoms with E-state index in [-0.39, 0.29) is 11.8 Å². The highest BCUT2D eigenvalue weighted by Crippen LogP contribution is 2.40. The lowest BCUT2D eigenvalue weighted by Crippen LogP contribution is -2.31. The average Bonchev–Trinajstić information content (AvgIpc) is 3.25. The molecule has 4 nitrogen and oxygen atoms in total. The van der Waals surface area contributed by atoms with Crippen LogP contribution in [0.3, 0.4) is 0 Å². The molecule has 4 rings (SSSR count). The van der Waals surface area contributed by atoms with Gasteiger partial charge in [0.15, 0.2) is 0 Å². The van der Waals surface area contributed by atoms with Gasteiger partial charge < -0.3 is 5.32 Å². The molecule has 2 heterocycles. The molecule has 0 aliphatic heterocycles. The third kappa shape index (κ3) is 5.44. The zero-order chi connectivity index (χ0) is 22.7. The number of aromatic nitrogens is 2. The Bertz CT molecular complexity index is 1060. The zero-order valence-electron chi connectivity index (χ0n) is 19.5. The Hall–Kier alpha value is -2.53. The van der Waals surface area contributed by atoms with Crippen LogP contribution in [-0.4, -0.2) is 15.9 Å². The van der Waals surface area contributed by atoms with Gasteiger partial charge >= 0.3 is 0 Å². The van der Waals surface area contributed by atoms with Crippen molar-refractivity contribution in [1.29, 1.82) is 0 Å². The minimum absolute atomic E-state index is 0.124. The van der Waals surface area contributed by atoms with Crippen LogP contribution in [-0.2, 0) is 11.2 Å². The normalized spacial score (nSPS) is 19.0. The first-order chi connectivity index (χ1) is 15.3. The fourth-order valence-electron chi connectivity index (χ4n) is 4.61. The number of rotatable bonds is 5. The van der Waals surface area contributed by atoms with Gasteiger partial charge in [-0.05, 0) is 79.3 Å². The number of thiazole rings is 1. The van der Waals surface area contributed by atoms with Crippen LogP contribution in [0.2, 0.25) is 0 Å². The van der Waals surface area contributed by atoms with Gasteiger partial charge in [-0.15, -0.1) is 11.3 Å². The number of hydrogen-bond donors (Lipinski definition) is 1. The van der Waals surface area contributed by atoms with Crippen molar-refractivity contribution in [3.8, 4) is 11.3 Å². The first-order valence-corrected chi connectivity index (χ1v) is 12.4. The molecular weight excluding hydrogens is 414 g/mol. The van der Waals surface area contributed by atoms with Gasteiger partial charge in [0, 0.05) is 41.4 Å². The van der Waals surface area contributed by atoms with Crippen LogP contribution in [0, 0.1) is 24.2 Å². The molecule has 0 bridgehead atoms. The fourth-order valence-corrected chi connectivity index (χ4v) is 5.43. The number of hydrogen-bond acceptors (Lipinski definition) is 4. The van der Waals surface area contributed by atoms with Crippen molar-refractivity contribution >= 4 is 22.9 Å². The molecule has 5 heteroatoms. The van der Waals surface area contributed by atoms with Gasteiger partial charge in [0.1, 0.15) is 0 Å². The third-order valence-corrected chi connectivity index (χ3v) is 7.64. The maximum Gasteiger partial charge on any atom is 0.227 e. The molecule has 0 spiro atoms. The van der Waals surface area contributed by atoms with E-state index >= 15 is 0 Å². The zero-order valence-corrected chi connectivity index (χ0v) is 20.3. The van der Waals surface area contributed by atoms with Crippen molar-refractivity contribution in [2.75, 3.05) is 5.32 Å². The van der Waals surface area contributed by atoms with Gasteiger partial charge in [-0.2, -0.15) is 0 Å². The number of carbonyl (C=O) groups is 1. The lowest BCUT2D eigenvalue weighted by Gasteiger charge is -2.36. The van der Waals surface area contributed by atoms with Gasteiger partial charge in [0.2, 0.25) is 5.91 Å². The Balaban J connectivity index is 1.40. The third-order valence-electron chi connectivity index (χ3n) is 6.79. The molecule has 1 fully saturated rings. The van der Waals surface area contributed by atoms with Gasteiger partial charge in [0.25, 0.3) is 0 Å². The molecule has 0 saturated heterocycles. The summed E-state index contributed by atoms with van der Waals surface area (Å²) in [6, 6.07) is 10.2. The molecule has 1 aliphatic rings. The van der Waals surface area contributed by atoms with E-state index in [1.54, 1.807) is 17.5 Å². The van der Waals surface area contributed by atoms with Crippen molar-refractivity contribution < 1.29 is 4.79 Å². The Labute approximate surface area is 195 Å². The predicted octanol–water partition coefficient (Wildman–Crippen LogP) is 6.90. The number of nitrogens with one attached hydrogen (secondary N) is 1. The molecule has 0 unspecified atom stereocenters. The van der Waals surface area contributed by atoms with Crippen molar-refractivity contribution in [3.63, 3.8) is 0 Å². The maximum absolute atomic E-state index is 12.9. The molecule has 1 amide bonds. The summed E-state index contributed by atoms with van der Waals surface area (Å²) in [4.78, 5) is 21.9. The first kappa shape index (κ1) is 22.7. The lowest BCUT2D eigenvalue weighted by atomic mass is 9.69. The Morgan fingerprint density at radius 3 is 2.62 bits per heavy atom. The van der Waals surface area contributed by atoms with Crippen LogP contribution < -0.4 is 5.32 Å². The van der Waals surface area contributed by atoms with Crippen LogP contribution in [0.1, 0.15) is 62.6 Å². The molecule has 0 atom stereocenters. The molecule has 0 radical (unpaired) electrons. The van der Waals surface area contributed by atoms with Crippen LogP contribution in [0.15, 0.2) is 48.1 Å². The summed E-state index contributed by atoms with van der Waals surface area (Å²) in [6.07, 6.45) is 8.64. The Kier molecular flexibility index (Phi) is 6.75. The highest BCUT2D eigenvalue weighted by molar-refractivity contribution is 7.10. The van der Waals surface area contributed by atoms with E-state index < -0.39 is 0 Å². The van der Waals surface area contributed by atoms with Crippen molar-refractivity contribution in [3.05, 3.63) is 64.2 Å². The number of anilines is 1. The van der Waals surface area contributed by atoms with E-state index in [1.165, 1.54) is 11.1 Å². The largest absolute Gasteiger partial charge is 0.326 e. The predicted molar refractivity (Wildman–Crippen MR) is 133 cm³/mol. The molecule has 1 aliphatic carbocycles. The summed E-state index contributed by atoms with van der Waals surface area (Å²) in [6.45, 7) is 9.06. The van der Waals surface area contributed by atoms with Crippen LogP contribution in [0.4, 0.5) is 5.69 Å². The SMILES string of the molecule is Cc1ccc(NC(=O)C2CCC(C(C)(C)C)CC2)cc1Cc1nc(-c2cccnc2)cs1. The van der Waals surface area contributed by atoms with Gasteiger partial charge in [-0.3, -0.25) is 9.78 Å². The summed E-state index contributed by atoms with van der Waals surface area (Å²) in [7, 11) is 0. The van der Waals surface area contributed by atoms with Crippen LogP contribution in [0.5, 0.6) is 0 Å². The average molecular weight is 448 g/mol. The number of benzene rings is 1. The molecule has 32 heavy (non-hydrogen) atoms. The first-order valence-electron chi connectivity index (χ1n) is 11.5. The van der Waals surface area contributed by atoms with Crippen molar-refractivity contribution in [2.24, 2.45) is 17.3 Å². The molecule has 3 aromatic rings.